The van der Waals surface area contributed by atoms with E-state index >= 15 is 0 Å². The number of likely N-dealkylation sites (N-methyl/N-ethyl adjacent to an activating group) is 1. The highest BCUT2D eigenvalue weighted by atomic mass is 16.2. The molecule has 1 aliphatic rings. The maximum atomic E-state index is 12.0. The van der Waals surface area contributed by atoms with Crippen LogP contribution < -0.4 is 5.73 Å². The van der Waals surface area contributed by atoms with Gasteiger partial charge in [-0.05, 0) is 12.3 Å². The molecule has 1 unspecified atom stereocenters. The standard InChI is InChI=1S/C11H21N3O2/c1-8(2)10(12)11(16)14-6-4-5-13(3)9(15)7-14/h8,10H,4-7,12H2,1-3H3. The van der Waals surface area contributed by atoms with Crippen molar-refractivity contribution in [1.82, 2.24) is 9.80 Å². The summed E-state index contributed by atoms with van der Waals surface area (Å²) in [6.07, 6.45) is 0.818. The summed E-state index contributed by atoms with van der Waals surface area (Å²) in [5, 5.41) is 0. The molecule has 1 saturated heterocycles. The monoisotopic (exact) mass is 227 g/mol. The average molecular weight is 227 g/mol. The molecule has 1 aliphatic heterocycles. The Morgan fingerprint density at radius 3 is 2.56 bits per heavy atom. The van der Waals surface area contributed by atoms with Crippen LogP contribution in [-0.4, -0.2) is 54.3 Å². The fourth-order valence-electron chi connectivity index (χ4n) is 1.67. The molecule has 2 N–H and O–H groups in total. The number of nitrogens with two attached hydrogens (primary N) is 1. The zero-order valence-electron chi connectivity index (χ0n) is 10.3. The second-order valence-corrected chi connectivity index (χ2v) is 4.70. The third-order valence-corrected chi connectivity index (χ3v) is 2.99. The van der Waals surface area contributed by atoms with Gasteiger partial charge < -0.3 is 15.5 Å². The molecule has 1 fully saturated rings. The van der Waals surface area contributed by atoms with Crippen LogP contribution in [0.3, 0.4) is 0 Å². The molecule has 0 aromatic rings. The first-order valence-corrected chi connectivity index (χ1v) is 5.71. The second-order valence-electron chi connectivity index (χ2n) is 4.70. The number of amides is 2. The summed E-state index contributed by atoms with van der Waals surface area (Å²) in [6, 6.07) is -0.504. The normalized spacial score (nSPS) is 19.9. The van der Waals surface area contributed by atoms with E-state index in [1.807, 2.05) is 13.8 Å². The highest BCUT2D eigenvalue weighted by molar-refractivity contribution is 5.87. The summed E-state index contributed by atoms with van der Waals surface area (Å²) in [5.41, 5.74) is 5.81. The van der Waals surface area contributed by atoms with Crippen molar-refractivity contribution in [1.29, 1.82) is 0 Å². The summed E-state index contributed by atoms with van der Waals surface area (Å²) >= 11 is 0. The molecule has 2 amide bonds. The Kier molecular flexibility index (Phi) is 4.29. The smallest absolute Gasteiger partial charge is 0.241 e. The van der Waals surface area contributed by atoms with Crippen molar-refractivity contribution >= 4 is 11.8 Å². The van der Waals surface area contributed by atoms with Crippen molar-refractivity contribution in [2.75, 3.05) is 26.7 Å². The summed E-state index contributed by atoms with van der Waals surface area (Å²) in [4.78, 5) is 26.8. The first-order chi connectivity index (χ1) is 7.43. The first kappa shape index (κ1) is 13.0. The van der Waals surface area contributed by atoms with Gasteiger partial charge >= 0.3 is 0 Å². The molecule has 1 rings (SSSR count). The fourth-order valence-corrected chi connectivity index (χ4v) is 1.67. The zero-order chi connectivity index (χ0) is 12.3. The van der Waals surface area contributed by atoms with E-state index in [0.717, 1.165) is 6.42 Å². The Balaban J connectivity index is 2.66. The van der Waals surface area contributed by atoms with Gasteiger partial charge in [-0.25, -0.2) is 0 Å². The summed E-state index contributed by atoms with van der Waals surface area (Å²) in [7, 11) is 1.76. The largest absolute Gasteiger partial charge is 0.344 e. The molecule has 1 atom stereocenters. The molecule has 0 bridgehead atoms. The van der Waals surface area contributed by atoms with Crippen molar-refractivity contribution in [2.45, 2.75) is 26.3 Å². The Bertz CT molecular complexity index is 278. The van der Waals surface area contributed by atoms with Crippen molar-refractivity contribution in [3.05, 3.63) is 0 Å². The van der Waals surface area contributed by atoms with E-state index in [0.29, 0.717) is 13.1 Å². The topological polar surface area (TPSA) is 66.6 Å². The minimum Gasteiger partial charge on any atom is -0.344 e. The first-order valence-electron chi connectivity index (χ1n) is 5.71. The van der Waals surface area contributed by atoms with E-state index in [4.69, 9.17) is 5.73 Å². The Hall–Kier alpha value is -1.10. The number of hydrogen-bond donors (Lipinski definition) is 1. The maximum absolute atomic E-state index is 12.0. The van der Waals surface area contributed by atoms with Crippen LogP contribution in [0.2, 0.25) is 0 Å². The predicted molar refractivity (Wildman–Crippen MR) is 61.6 cm³/mol. The highest BCUT2D eigenvalue weighted by Crippen LogP contribution is 2.08. The lowest BCUT2D eigenvalue weighted by molar-refractivity contribution is -0.139. The van der Waals surface area contributed by atoms with E-state index in [2.05, 4.69) is 0 Å². The molecule has 0 spiro atoms. The molecule has 5 heteroatoms. The van der Waals surface area contributed by atoms with Gasteiger partial charge in [-0.15, -0.1) is 0 Å². The number of carbonyl (C=O) groups excluding carboxylic acids is 2. The maximum Gasteiger partial charge on any atom is 0.241 e. The van der Waals surface area contributed by atoms with Gasteiger partial charge in [0.05, 0.1) is 12.6 Å². The highest BCUT2D eigenvalue weighted by Gasteiger charge is 2.27. The number of hydrogen-bond acceptors (Lipinski definition) is 3. The molecule has 92 valence electrons. The Morgan fingerprint density at radius 1 is 1.38 bits per heavy atom. The molecule has 0 aromatic heterocycles. The SMILES string of the molecule is CC(C)C(N)C(=O)N1CCCN(C)C(=O)C1. The minimum absolute atomic E-state index is 0.0122. The summed E-state index contributed by atoms with van der Waals surface area (Å²) in [5.74, 6) is -0.0240. The van der Waals surface area contributed by atoms with E-state index in [9.17, 15) is 9.59 Å². The van der Waals surface area contributed by atoms with Crippen molar-refractivity contribution in [2.24, 2.45) is 11.7 Å². The Labute approximate surface area is 96.6 Å². The molecule has 0 saturated carbocycles. The molecular formula is C11H21N3O2. The average Bonchev–Trinajstić information content (AvgIpc) is 2.39. The second kappa shape index (κ2) is 5.30. The van der Waals surface area contributed by atoms with Crippen LogP contribution in [0.4, 0.5) is 0 Å². The molecule has 5 nitrogen and oxygen atoms in total. The van der Waals surface area contributed by atoms with Crippen LogP contribution in [0, 0.1) is 5.92 Å². The molecule has 0 radical (unpaired) electrons. The molecule has 0 aliphatic carbocycles. The van der Waals surface area contributed by atoms with E-state index in [-0.39, 0.29) is 24.3 Å². The van der Waals surface area contributed by atoms with Crippen LogP contribution in [-0.2, 0) is 9.59 Å². The van der Waals surface area contributed by atoms with Crippen molar-refractivity contribution in [3.63, 3.8) is 0 Å². The van der Waals surface area contributed by atoms with E-state index in [1.165, 1.54) is 0 Å². The van der Waals surface area contributed by atoms with Gasteiger partial charge in [-0.3, -0.25) is 9.59 Å². The lowest BCUT2D eigenvalue weighted by Gasteiger charge is -2.25. The van der Waals surface area contributed by atoms with Gasteiger partial charge in [0.2, 0.25) is 11.8 Å². The van der Waals surface area contributed by atoms with Gasteiger partial charge in [0.1, 0.15) is 0 Å². The lowest BCUT2D eigenvalue weighted by Crippen LogP contribution is -2.48. The van der Waals surface area contributed by atoms with Gasteiger partial charge in [0.25, 0.3) is 0 Å². The predicted octanol–water partition coefficient (Wildman–Crippen LogP) is -0.340. The summed E-state index contributed by atoms with van der Waals surface area (Å²) < 4.78 is 0. The van der Waals surface area contributed by atoms with Crippen molar-refractivity contribution < 1.29 is 9.59 Å². The molecule has 1 heterocycles. The molecule has 16 heavy (non-hydrogen) atoms. The van der Waals surface area contributed by atoms with Crippen molar-refractivity contribution in [3.8, 4) is 0 Å². The van der Waals surface area contributed by atoms with Crippen LogP contribution in [0.25, 0.3) is 0 Å². The van der Waals surface area contributed by atoms with Gasteiger partial charge in [0, 0.05) is 20.1 Å². The number of rotatable bonds is 2. The molecule has 0 aromatic carbocycles. The lowest BCUT2D eigenvalue weighted by atomic mass is 10.0. The van der Waals surface area contributed by atoms with E-state index in [1.54, 1.807) is 16.8 Å². The van der Waals surface area contributed by atoms with Crippen LogP contribution in [0.15, 0.2) is 0 Å². The third-order valence-electron chi connectivity index (χ3n) is 2.99. The number of nitrogens with zero attached hydrogens (tertiary/aromatic N) is 2. The van der Waals surface area contributed by atoms with E-state index < -0.39 is 6.04 Å². The van der Waals surface area contributed by atoms with Crippen LogP contribution >= 0.6 is 0 Å². The third kappa shape index (κ3) is 2.95. The zero-order valence-corrected chi connectivity index (χ0v) is 10.3. The number of carbonyl (C=O) groups is 2. The van der Waals surface area contributed by atoms with Gasteiger partial charge in [0.15, 0.2) is 0 Å². The summed E-state index contributed by atoms with van der Waals surface area (Å²) in [6.45, 7) is 5.31. The molecular weight excluding hydrogens is 206 g/mol. The van der Waals surface area contributed by atoms with Crippen LogP contribution in [0.5, 0.6) is 0 Å². The van der Waals surface area contributed by atoms with Crippen LogP contribution in [0.1, 0.15) is 20.3 Å². The minimum atomic E-state index is -0.504. The van der Waals surface area contributed by atoms with Gasteiger partial charge in [-0.1, -0.05) is 13.8 Å². The van der Waals surface area contributed by atoms with Gasteiger partial charge in [-0.2, -0.15) is 0 Å². The fraction of sp³-hybridized carbons (Fsp3) is 0.818. The quantitative estimate of drug-likeness (QED) is 0.702. The Morgan fingerprint density at radius 2 is 2.00 bits per heavy atom.